The van der Waals surface area contributed by atoms with Gasteiger partial charge in [0.15, 0.2) is 0 Å². The third kappa shape index (κ3) is 3.52. The molecule has 0 aliphatic carbocycles. The molecular formula is C19H16Cl3NOS. The molecule has 1 heterocycles. The van der Waals surface area contributed by atoms with Crippen molar-refractivity contribution in [1.29, 1.82) is 0 Å². The molecular weight excluding hydrogens is 397 g/mol. The van der Waals surface area contributed by atoms with Gasteiger partial charge in [0.25, 0.3) is 5.91 Å². The zero-order valence-corrected chi connectivity index (χ0v) is 17.0. The molecule has 6 heteroatoms. The first-order valence-electron chi connectivity index (χ1n) is 7.77. The summed E-state index contributed by atoms with van der Waals surface area (Å²) < 4.78 is 0.793. The molecule has 0 bridgehead atoms. The Morgan fingerprint density at radius 3 is 2.56 bits per heavy atom. The van der Waals surface area contributed by atoms with Crippen LogP contribution in [0.15, 0.2) is 30.3 Å². The summed E-state index contributed by atoms with van der Waals surface area (Å²) in [6.07, 6.45) is 0. The molecule has 0 aliphatic rings. The Morgan fingerprint density at radius 1 is 1.16 bits per heavy atom. The Balaban J connectivity index is 2.05. The quantitative estimate of drug-likeness (QED) is 0.473. The SMILES string of the molecule is Cc1cccc(C(C)C)c1NC(=O)c1sc2cc(Cl)cc(Cl)c2c1Cl. The molecule has 1 aromatic heterocycles. The number of hydrogen-bond donors (Lipinski definition) is 1. The molecule has 0 radical (unpaired) electrons. The number of amides is 1. The fourth-order valence-corrected chi connectivity index (χ4v) is 5.04. The smallest absolute Gasteiger partial charge is 0.267 e. The second-order valence-corrected chi connectivity index (χ2v) is 8.43. The van der Waals surface area contributed by atoms with E-state index in [1.54, 1.807) is 12.1 Å². The van der Waals surface area contributed by atoms with Crippen molar-refractivity contribution in [3.63, 3.8) is 0 Å². The molecule has 25 heavy (non-hydrogen) atoms. The topological polar surface area (TPSA) is 29.1 Å². The Hall–Kier alpha value is -1.26. The summed E-state index contributed by atoms with van der Waals surface area (Å²) in [7, 11) is 0. The predicted octanol–water partition coefficient (Wildman–Crippen LogP) is 7.55. The Bertz CT molecular complexity index is 978. The van der Waals surface area contributed by atoms with Crippen molar-refractivity contribution in [1.82, 2.24) is 0 Å². The first-order chi connectivity index (χ1) is 11.8. The van der Waals surface area contributed by atoms with Gasteiger partial charge < -0.3 is 5.32 Å². The number of halogens is 3. The monoisotopic (exact) mass is 411 g/mol. The highest BCUT2D eigenvalue weighted by Crippen LogP contribution is 2.41. The maximum absolute atomic E-state index is 12.9. The maximum Gasteiger partial charge on any atom is 0.267 e. The van der Waals surface area contributed by atoms with Crippen molar-refractivity contribution in [3.8, 4) is 0 Å². The highest BCUT2D eigenvalue weighted by Gasteiger charge is 2.21. The summed E-state index contributed by atoms with van der Waals surface area (Å²) in [6, 6.07) is 9.39. The van der Waals surface area contributed by atoms with E-state index in [-0.39, 0.29) is 5.91 Å². The fraction of sp³-hybridized carbons (Fsp3) is 0.211. The second kappa shape index (κ2) is 7.16. The van der Waals surface area contributed by atoms with Crippen LogP contribution in [0.4, 0.5) is 5.69 Å². The minimum atomic E-state index is -0.241. The molecule has 3 rings (SSSR count). The van der Waals surface area contributed by atoms with Crippen molar-refractivity contribution >= 4 is 67.8 Å². The van der Waals surface area contributed by atoms with E-state index in [4.69, 9.17) is 34.8 Å². The van der Waals surface area contributed by atoms with Crippen LogP contribution < -0.4 is 5.32 Å². The van der Waals surface area contributed by atoms with E-state index in [1.165, 1.54) is 11.3 Å². The van der Waals surface area contributed by atoms with E-state index in [2.05, 4.69) is 19.2 Å². The number of aryl methyl sites for hydroxylation is 1. The normalized spacial score (nSPS) is 11.3. The second-order valence-electron chi connectivity index (χ2n) is 6.15. The molecule has 0 spiro atoms. The third-order valence-corrected chi connectivity index (χ3v) is 6.16. The highest BCUT2D eigenvalue weighted by atomic mass is 35.5. The molecule has 1 N–H and O–H groups in total. The van der Waals surface area contributed by atoms with Crippen molar-refractivity contribution in [3.05, 3.63) is 61.4 Å². The van der Waals surface area contributed by atoms with Crippen molar-refractivity contribution in [2.24, 2.45) is 0 Å². The van der Waals surface area contributed by atoms with Crippen LogP contribution in [0.3, 0.4) is 0 Å². The van der Waals surface area contributed by atoms with Gasteiger partial charge in [-0.3, -0.25) is 4.79 Å². The number of carbonyl (C=O) groups is 1. The molecule has 0 fully saturated rings. The van der Waals surface area contributed by atoms with Crippen LogP contribution in [-0.2, 0) is 0 Å². The molecule has 130 valence electrons. The minimum Gasteiger partial charge on any atom is -0.321 e. The molecule has 3 aromatic rings. The lowest BCUT2D eigenvalue weighted by molar-refractivity contribution is 0.103. The Kier molecular flexibility index (Phi) is 5.31. The van der Waals surface area contributed by atoms with Crippen molar-refractivity contribution < 1.29 is 4.79 Å². The van der Waals surface area contributed by atoms with Gasteiger partial charge in [-0.15, -0.1) is 11.3 Å². The largest absolute Gasteiger partial charge is 0.321 e. The van der Waals surface area contributed by atoms with E-state index in [1.807, 2.05) is 25.1 Å². The van der Waals surface area contributed by atoms with Gasteiger partial charge in [0, 0.05) is 20.8 Å². The number of carbonyl (C=O) groups excluding carboxylic acids is 1. The summed E-state index contributed by atoms with van der Waals surface area (Å²) >= 11 is 20.0. The van der Waals surface area contributed by atoms with Crippen LogP contribution in [0.1, 0.15) is 40.6 Å². The molecule has 0 unspecified atom stereocenters. The third-order valence-electron chi connectivity index (χ3n) is 4.02. The molecule has 0 aliphatic heterocycles. The lowest BCUT2D eigenvalue weighted by Crippen LogP contribution is -2.14. The number of nitrogens with one attached hydrogen (secondary N) is 1. The van der Waals surface area contributed by atoms with Crippen LogP contribution >= 0.6 is 46.1 Å². The highest BCUT2D eigenvalue weighted by molar-refractivity contribution is 7.21. The summed E-state index contributed by atoms with van der Waals surface area (Å²) in [6.45, 7) is 6.17. The molecule has 0 atom stereocenters. The number of thiophene rings is 1. The van der Waals surface area contributed by atoms with E-state index in [9.17, 15) is 4.79 Å². The summed E-state index contributed by atoms with van der Waals surface area (Å²) in [5.74, 6) is 0.0518. The van der Waals surface area contributed by atoms with Gasteiger partial charge in [-0.25, -0.2) is 0 Å². The number of fused-ring (bicyclic) bond motifs is 1. The summed E-state index contributed by atoms with van der Waals surface area (Å²) in [4.78, 5) is 13.3. The van der Waals surface area contributed by atoms with Gasteiger partial charge in [-0.05, 0) is 36.1 Å². The zero-order valence-electron chi connectivity index (χ0n) is 13.9. The number of hydrogen-bond acceptors (Lipinski definition) is 2. The lowest BCUT2D eigenvalue weighted by atomic mass is 9.98. The lowest BCUT2D eigenvalue weighted by Gasteiger charge is -2.16. The molecule has 0 saturated heterocycles. The number of benzene rings is 2. The molecule has 2 aromatic carbocycles. The van der Waals surface area contributed by atoms with E-state index in [0.717, 1.165) is 21.5 Å². The Morgan fingerprint density at radius 2 is 1.88 bits per heavy atom. The average Bonchev–Trinajstić information content (AvgIpc) is 2.85. The zero-order chi connectivity index (χ0) is 18.3. The first-order valence-corrected chi connectivity index (χ1v) is 9.72. The first kappa shape index (κ1) is 18.5. The van der Waals surface area contributed by atoms with Gasteiger partial charge in [0.1, 0.15) is 4.88 Å². The number of para-hydroxylation sites is 1. The van der Waals surface area contributed by atoms with Gasteiger partial charge in [0.2, 0.25) is 0 Å². The van der Waals surface area contributed by atoms with Crippen LogP contribution in [0.25, 0.3) is 10.1 Å². The van der Waals surface area contributed by atoms with Gasteiger partial charge in [-0.2, -0.15) is 0 Å². The minimum absolute atomic E-state index is 0.241. The predicted molar refractivity (Wildman–Crippen MR) is 110 cm³/mol. The summed E-state index contributed by atoms with van der Waals surface area (Å²) in [5.41, 5.74) is 2.93. The summed E-state index contributed by atoms with van der Waals surface area (Å²) in [5, 5.41) is 5.01. The molecule has 0 saturated carbocycles. The van der Waals surface area contributed by atoms with Crippen LogP contribution in [0, 0.1) is 6.92 Å². The maximum atomic E-state index is 12.9. The Labute approximate surface area is 165 Å². The molecule has 1 amide bonds. The van der Waals surface area contributed by atoms with Crippen molar-refractivity contribution in [2.75, 3.05) is 5.32 Å². The van der Waals surface area contributed by atoms with Crippen LogP contribution in [0.2, 0.25) is 15.1 Å². The number of rotatable bonds is 3. The van der Waals surface area contributed by atoms with Gasteiger partial charge in [-0.1, -0.05) is 66.8 Å². The molecule has 2 nitrogen and oxygen atoms in total. The van der Waals surface area contributed by atoms with Crippen LogP contribution in [-0.4, -0.2) is 5.91 Å². The van der Waals surface area contributed by atoms with E-state index >= 15 is 0 Å². The average molecular weight is 413 g/mol. The van der Waals surface area contributed by atoms with Crippen LogP contribution in [0.5, 0.6) is 0 Å². The van der Waals surface area contributed by atoms with E-state index < -0.39 is 0 Å². The standard InChI is InChI=1S/C19H16Cl3NOS/c1-9(2)12-6-4-5-10(3)17(12)23-19(24)18-16(22)15-13(21)7-11(20)8-14(15)25-18/h4-9H,1-3H3,(H,23,24). The van der Waals surface area contributed by atoms with Gasteiger partial charge >= 0.3 is 0 Å². The van der Waals surface area contributed by atoms with Gasteiger partial charge in [0.05, 0.1) is 10.0 Å². The fourth-order valence-electron chi connectivity index (χ4n) is 2.77. The van der Waals surface area contributed by atoms with Crippen molar-refractivity contribution in [2.45, 2.75) is 26.7 Å². The van der Waals surface area contributed by atoms with E-state index in [0.29, 0.717) is 31.2 Å². The number of anilines is 1.